The van der Waals surface area contributed by atoms with Gasteiger partial charge in [0.1, 0.15) is 17.0 Å². The molecule has 2 atom stereocenters. The lowest BCUT2D eigenvalue weighted by molar-refractivity contribution is -0.136. The van der Waals surface area contributed by atoms with Crippen LogP contribution in [0.3, 0.4) is 0 Å². The molecule has 1 aliphatic rings. The number of anilines is 1. The highest BCUT2D eigenvalue weighted by atomic mass is 16.5. The van der Waals surface area contributed by atoms with E-state index in [4.69, 9.17) is 14.6 Å². The van der Waals surface area contributed by atoms with E-state index >= 15 is 0 Å². The van der Waals surface area contributed by atoms with E-state index < -0.39 is 5.54 Å². The van der Waals surface area contributed by atoms with E-state index in [0.717, 1.165) is 41.8 Å². The van der Waals surface area contributed by atoms with Crippen LogP contribution in [-0.2, 0) is 11.3 Å². The Morgan fingerprint density at radius 1 is 1.00 bits per heavy atom. The van der Waals surface area contributed by atoms with Gasteiger partial charge in [-0.2, -0.15) is 5.10 Å². The van der Waals surface area contributed by atoms with Gasteiger partial charge in [0.15, 0.2) is 0 Å². The molecule has 0 spiro atoms. The lowest BCUT2D eigenvalue weighted by Gasteiger charge is -2.40. The third-order valence-corrected chi connectivity index (χ3v) is 7.46. The molecule has 3 aromatic rings. The molecule has 200 valence electrons. The average molecular weight is 514 g/mol. The van der Waals surface area contributed by atoms with Crippen molar-refractivity contribution in [1.82, 2.24) is 4.90 Å². The molecule has 38 heavy (non-hydrogen) atoms. The Balaban J connectivity index is 1.76. The quantitative estimate of drug-likeness (QED) is 0.312. The minimum absolute atomic E-state index is 0.0232. The molecule has 0 N–H and O–H groups in total. The molecule has 1 aliphatic heterocycles. The summed E-state index contributed by atoms with van der Waals surface area (Å²) in [7, 11) is 5.13. The summed E-state index contributed by atoms with van der Waals surface area (Å²) in [4.78, 5) is 16.3. The molecule has 6 heteroatoms. The van der Waals surface area contributed by atoms with Crippen LogP contribution in [0.15, 0.2) is 77.9 Å². The second kappa shape index (κ2) is 11.7. The average Bonchev–Trinajstić information content (AvgIpc) is 3.24. The van der Waals surface area contributed by atoms with Gasteiger partial charge in [-0.3, -0.25) is 4.79 Å². The van der Waals surface area contributed by atoms with Gasteiger partial charge in [0.05, 0.1) is 25.6 Å². The summed E-state index contributed by atoms with van der Waals surface area (Å²) in [5, 5.41) is 7.13. The van der Waals surface area contributed by atoms with Crippen molar-refractivity contribution >= 4 is 17.3 Å². The number of likely N-dealkylation sites (N-methyl/N-ethyl adjacent to an activating group) is 1. The van der Waals surface area contributed by atoms with Crippen LogP contribution in [-0.4, -0.2) is 43.3 Å². The topological polar surface area (TPSA) is 54.4 Å². The highest BCUT2D eigenvalue weighted by Crippen LogP contribution is 2.42. The van der Waals surface area contributed by atoms with Crippen LogP contribution in [0.1, 0.15) is 49.8 Å². The molecular formula is C32H39N3O3. The Labute approximate surface area is 226 Å². The number of methoxy groups -OCH3 is 2. The van der Waals surface area contributed by atoms with Gasteiger partial charge in [-0.15, -0.1) is 0 Å². The van der Waals surface area contributed by atoms with Crippen LogP contribution in [0.5, 0.6) is 11.5 Å². The van der Waals surface area contributed by atoms with Gasteiger partial charge in [-0.25, -0.2) is 5.01 Å². The second-order valence-corrected chi connectivity index (χ2v) is 10.2. The Bertz CT molecular complexity index is 1250. The number of para-hydroxylation sites is 1. The predicted octanol–water partition coefficient (Wildman–Crippen LogP) is 6.46. The summed E-state index contributed by atoms with van der Waals surface area (Å²) in [6, 6.07) is 24.2. The van der Waals surface area contributed by atoms with Gasteiger partial charge in [0.25, 0.3) is 5.91 Å². The van der Waals surface area contributed by atoms with Gasteiger partial charge in [0, 0.05) is 25.6 Å². The summed E-state index contributed by atoms with van der Waals surface area (Å²) in [5.74, 6) is 1.35. The fraction of sp³-hybridized carbons (Fsp3) is 0.375. The number of hydrogen-bond donors (Lipinski definition) is 0. The second-order valence-electron chi connectivity index (χ2n) is 10.2. The van der Waals surface area contributed by atoms with Crippen LogP contribution >= 0.6 is 0 Å². The third-order valence-electron chi connectivity index (χ3n) is 7.46. The summed E-state index contributed by atoms with van der Waals surface area (Å²) in [6.07, 6.45) is 2.93. The maximum Gasteiger partial charge on any atom is 0.251 e. The van der Waals surface area contributed by atoms with Crippen LogP contribution in [0, 0.1) is 12.8 Å². The Morgan fingerprint density at radius 2 is 1.63 bits per heavy atom. The van der Waals surface area contributed by atoms with Crippen LogP contribution < -0.4 is 14.5 Å². The van der Waals surface area contributed by atoms with Crippen molar-refractivity contribution in [2.45, 2.75) is 52.1 Å². The molecule has 0 saturated carbocycles. The van der Waals surface area contributed by atoms with Crippen LogP contribution in [0.4, 0.5) is 5.69 Å². The van der Waals surface area contributed by atoms with Crippen LogP contribution in [0.25, 0.3) is 0 Å². The minimum Gasteiger partial charge on any atom is -0.497 e. The van der Waals surface area contributed by atoms with Gasteiger partial charge in [-0.05, 0) is 55.7 Å². The first kappa shape index (κ1) is 27.2. The van der Waals surface area contributed by atoms with Crippen molar-refractivity contribution in [3.8, 4) is 11.5 Å². The lowest BCUT2D eigenvalue weighted by atomic mass is 9.76. The summed E-state index contributed by atoms with van der Waals surface area (Å²) in [6.45, 7) is 6.75. The zero-order valence-corrected chi connectivity index (χ0v) is 23.4. The van der Waals surface area contributed by atoms with Crippen molar-refractivity contribution in [2.24, 2.45) is 11.0 Å². The lowest BCUT2D eigenvalue weighted by Crippen LogP contribution is -2.58. The molecule has 0 aliphatic carbocycles. The largest absolute Gasteiger partial charge is 0.497 e. The van der Waals surface area contributed by atoms with E-state index in [-0.39, 0.29) is 11.8 Å². The number of hydrogen-bond acceptors (Lipinski definition) is 5. The number of aryl methyl sites for hydroxylation is 1. The Hall–Kier alpha value is -3.80. The maximum absolute atomic E-state index is 14.5. The molecule has 6 nitrogen and oxygen atoms in total. The number of amides is 1. The minimum atomic E-state index is -0.894. The fourth-order valence-corrected chi connectivity index (χ4v) is 5.33. The summed E-state index contributed by atoms with van der Waals surface area (Å²) < 4.78 is 10.9. The number of rotatable bonds is 10. The maximum atomic E-state index is 14.5. The molecule has 2 unspecified atom stereocenters. The zero-order chi connectivity index (χ0) is 27.3. The molecule has 0 radical (unpaired) electrons. The molecule has 1 amide bonds. The molecule has 3 aromatic carbocycles. The molecule has 0 saturated heterocycles. The highest BCUT2D eigenvalue weighted by Gasteiger charge is 2.54. The zero-order valence-electron chi connectivity index (χ0n) is 23.4. The summed E-state index contributed by atoms with van der Waals surface area (Å²) >= 11 is 0. The van der Waals surface area contributed by atoms with Crippen molar-refractivity contribution in [3.63, 3.8) is 0 Å². The van der Waals surface area contributed by atoms with Crippen molar-refractivity contribution < 1.29 is 14.3 Å². The van der Waals surface area contributed by atoms with Gasteiger partial charge < -0.3 is 14.4 Å². The molecule has 0 fully saturated rings. The summed E-state index contributed by atoms with van der Waals surface area (Å²) in [5.41, 5.74) is 4.18. The number of carbonyl (C=O) groups is 1. The number of nitrogens with zero attached hydrogens (tertiary/aromatic N) is 3. The van der Waals surface area contributed by atoms with Gasteiger partial charge in [-0.1, -0.05) is 67.8 Å². The van der Waals surface area contributed by atoms with E-state index in [1.54, 1.807) is 19.1 Å². The first-order chi connectivity index (χ1) is 18.3. The predicted molar refractivity (Wildman–Crippen MR) is 154 cm³/mol. The number of unbranched alkanes of at least 4 members (excludes halogenated alkanes) is 1. The van der Waals surface area contributed by atoms with Crippen molar-refractivity contribution in [2.75, 3.05) is 26.3 Å². The monoisotopic (exact) mass is 513 g/mol. The van der Waals surface area contributed by atoms with E-state index in [0.29, 0.717) is 18.0 Å². The van der Waals surface area contributed by atoms with Crippen LogP contribution in [0.2, 0.25) is 0 Å². The Morgan fingerprint density at radius 3 is 2.21 bits per heavy atom. The molecule has 0 aromatic heterocycles. The van der Waals surface area contributed by atoms with Gasteiger partial charge in [0.2, 0.25) is 0 Å². The highest BCUT2D eigenvalue weighted by molar-refractivity contribution is 6.10. The van der Waals surface area contributed by atoms with E-state index in [1.165, 1.54) is 5.56 Å². The number of hydrazone groups is 1. The number of carbonyl (C=O) groups excluding carboxylic acids is 1. The third kappa shape index (κ3) is 5.40. The molecule has 4 rings (SSSR count). The van der Waals surface area contributed by atoms with Crippen molar-refractivity contribution in [3.05, 3.63) is 89.5 Å². The van der Waals surface area contributed by atoms with E-state index in [2.05, 4.69) is 45.0 Å². The van der Waals surface area contributed by atoms with Crippen molar-refractivity contribution in [1.29, 1.82) is 0 Å². The Kier molecular flexibility index (Phi) is 8.40. The van der Waals surface area contributed by atoms with Gasteiger partial charge >= 0.3 is 0 Å². The normalized spacial score (nSPS) is 18.7. The molecule has 1 heterocycles. The smallest absolute Gasteiger partial charge is 0.251 e. The fourth-order valence-electron chi connectivity index (χ4n) is 5.33. The standard InChI is InChI=1S/C32H39N3O3/c1-7-8-14-29-30(25-17-15-23(2)16-18-25)33-35(26-12-10-9-11-13-26)32(29,3)31(36)34(4)22-24-19-27(37-5)21-28(20-24)38-6/h9-13,15-21,29H,7-8,14,22H2,1-6H3. The number of ether oxygens (including phenoxy) is 2. The first-order valence-electron chi connectivity index (χ1n) is 13.3. The molecular weight excluding hydrogens is 474 g/mol. The SMILES string of the molecule is CCCCC1C(c2ccc(C)cc2)=NN(c2ccccc2)C1(C)C(=O)N(C)Cc1cc(OC)cc(OC)c1. The molecule has 0 bridgehead atoms. The number of benzene rings is 3. The van der Waals surface area contributed by atoms with E-state index in [9.17, 15) is 4.79 Å². The van der Waals surface area contributed by atoms with E-state index in [1.807, 2.05) is 60.6 Å². The first-order valence-corrected chi connectivity index (χ1v) is 13.3.